The van der Waals surface area contributed by atoms with Crippen molar-refractivity contribution in [2.45, 2.75) is 25.3 Å². The van der Waals surface area contributed by atoms with Crippen LogP contribution in [-0.4, -0.2) is 54.4 Å². The van der Waals surface area contributed by atoms with Crippen LogP contribution in [0, 0.1) is 0 Å². The summed E-state index contributed by atoms with van der Waals surface area (Å²) in [6.45, 7) is 7.99. The Hall–Kier alpha value is -0.690. The molecule has 1 N–H and O–H groups in total. The van der Waals surface area contributed by atoms with Gasteiger partial charge in [-0.05, 0) is 12.8 Å². The van der Waals surface area contributed by atoms with E-state index in [1.165, 1.54) is 8.61 Å². The standard InChI is InChI=1S/C12H22N2O3S/c1-3-8-13(9-4-2)18(16,17)14-10-6-5-7-12(14)11-15/h3-4,12,15H,1-2,5-11H2. The molecule has 0 radical (unpaired) electrons. The maximum absolute atomic E-state index is 12.5. The first kappa shape index (κ1) is 15.4. The smallest absolute Gasteiger partial charge is 0.282 e. The van der Waals surface area contributed by atoms with Crippen LogP contribution in [0.1, 0.15) is 19.3 Å². The zero-order valence-corrected chi connectivity index (χ0v) is 11.5. The molecule has 18 heavy (non-hydrogen) atoms. The van der Waals surface area contributed by atoms with Crippen LogP contribution in [0.5, 0.6) is 0 Å². The molecule has 5 nitrogen and oxygen atoms in total. The summed E-state index contributed by atoms with van der Waals surface area (Å²) in [5.41, 5.74) is 0. The first-order chi connectivity index (χ1) is 8.57. The number of aliphatic hydroxyl groups excluding tert-OH is 1. The maximum atomic E-state index is 12.5. The van der Waals surface area contributed by atoms with Crippen LogP contribution in [0.2, 0.25) is 0 Å². The average molecular weight is 274 g/mol. The molecular formula is C12H22N2O3S. The molecule has 6 heteroatoms. The summed E-state index contributed by atoms with van der Waals surface area (Å²) >= 11 is 0. The van der Waals surface area contributed by atoms with E-state index in [0.29, 0.717) is 13.0 Å². The van der Waals surface area contributed by atoms with Gasteiger partial charge in [-0.2, -0.15) is 17.0 Å². The summed E-state index contributed by atoms with van der Waals surface area (Å²) in [5.74, 6) is 0. The van der Waals surface area contributed by atoms with Crippen molar-refractivity contribution in [3.63, 3.8) is 0 Å². The van der Waals surface area contributed by atoms with Gasteiger partial charge in [-0.1, -0.05) is 18.6 Å². The first-order valence-corrected chi connectivity index (χ1v) is 7.57. The van der Waals surface area contributed by atoms with Crippen molar-refractivity contribution >= 4 is 10.2 Å². The van der Waals surface area contributed by atoms with E-state index in [1.807, 2.05) is 0 Å². The van der Waals surface area contributed by atoms with Gasteiger partial charge in [-0.3, -0.25) is 0 Å². The fraction of sp³-hybridized carbons (Fsp3) is 0.667. The van der Waals surface area contributed by atoms with E-state index in [1.54, 1.807) is 12.2 Å². The Morgan fingerprint density at radius 2 is 1.89 bits per heavy atom. The zero-order chi connectivity index (χ0) is 13.6. The lowest BCUT2D eigenvalue weighted by Crippen LogP contribution is -2.51. The lowest BCUT2D eigenvalue weighted by Gasteiger charge is -2.36. The number of rotatable bonds is 7. The Kier molecular flexibility index (Phi) is 6.01. The van der Waals surface area contributed by atoms with Gasteiger partial charge in [0.05, 0.1) is 6.61 Å². The van der Waals surface area contributed by atoms with Crippen LogP contribution < -0.4 is 0 Å². The molecule has 104 valence electrons. The number of aliphatic hydroxyl groups is 1. The van der Waals surface area contributed by atoms with Crippen LogP contribution in [0.25, 0.3) is 0 Å². The minimum Gasteiger partial charge on any atom is -0.395 e. The molecule has 0 bridgehead atoms. The molecule has 1 heterocycles. The SMILES string of the molecule is C=CCN(CC=C)S(=O)(=O)N1CCCCC1CO. The summed E-state index contributed by atoms with van der Waals surface area (Å²) < 4.78 is 27.7. The molecule has 0 aromatic rings. The molecule has 1 fully saturated rings. The van der Waals surface area contributed by atoms with Crippen LogP contribution in [0.4, 0.5) is 0 Å². The van der Waals surface area contributed by atoms with Gasteiger partial charge in [-0.25, -0.2) is 0 Å². The van der Waals surface area contributed by atoms with E-state index in [-0.39, 0.29) is 25.7 Å². The van der Waals surface area contributed by atoms with Crippen molar-refractivity contribution in [2.24, 2.45) is 0 Å². The number of piperidine rings is 1. The van der Waals surface area contributed by atoms with Gasteiger partial charge in [-0.15, -0.1) is 13.2 Å². The predicted octanol–water partition coefficient (Wildman–Crippen LogP) is 0.752. The molecule has 0 aliphatic carbocycles. The zero-order valence-electron chi connectivity index (χ0n) is 10.7. The van der Waals surface area contributed by atoms with Crippen molar-refractivity contribution < 1.29 is 13.5 Å². The third-order valence-electron chi connectivity index (χ3n) is 3.07. The van der Waals surface area contributed by atoms with Gasteiger partial charge >= 0.3 is 0 Å². The minimum atomic E-state index is -3.55. The molecule has 1 rings (SSSR count). The van der Waals surface area contributed by atoms with Gasteiger partial charge in [0.1, 0.15) is 0 Å². The summed E-state index contributed by atoms with van der Waals surface area (Å²) in [6.07, 6.45) is 5.62. The highest BCUT2D eigenvalue weighted by molar-refractivity contribution is 7.86. The molecule has 0 spiro atoms. The molecule has 1 saturated heterocycles. The van der Waals surface area contributed by atoms with Crippen LogP contribution >= 0.6 is 0 Å². The largest absolute Gasteiger partial charge is 0.395 e. The van der Waals surface area contributed by atoms with E-state index in [9.17, 15) is 13.5 Å². The topological polar surface area (TPSA) is 60.9 Å². The second-order valence-corrected chi connectivity index (χ2v) is 6.23. The molecule has 1 aliphatic rings. The normalized spacial score (nSPS) is 22.0. The Labute approximate surface area is 110 Å². The van der Waals surface area contributed by atoms with Crippen molar-refractivity contribution in [2.75, 3.05) is 26.2 Å². The third-order valence-corrected chi connectivity index (χ3v) is 5.10. The summed E-state index contributed by atoms with van der Waals surface area (Å²) in [5, 5.41) is 9.30. The minimum absolute atomic E-state index is 0.130. The number of nitrogens with zero attached hydrogens (tertiary/aromatic N) is 2. The van der Waals surface area contributed by atoms with Crippen LogP contribution in [0.3, 0.4) is 0 Å². The number of hydrogen-bond acceptors (Lipinski definition) is 3. The van der Waals surface area contributed by atoms with E-state index < -0.39 is 10.2 Å². The van der Waals surface area contributed by atoms with Gasteiger partial charge < -0.3 is 5.11 Å². The van der Waals surface area contributed by atoms with Gasteiger partial charge in [0.25, 0.3) is 10.2 Å². The molecule has 0 aromatic heterocycles. The Morgan fingerprint density at radius 1 is 1.28 bits per heavy atom. The molecular weight excluding hydrogens is 252 g/mol. The lowest BCUT2D eigenvalue weighted by molar-refractivity contribution is 0.149. The summed E-state index contributed by atoms with van der Waals surface area (Å²) in [4.78, 5) is 0. The van der Waals surface area contributed by atoms with E-state index in [4.69, 9.17) is 0 Å². The van der Waals surface area contributed by atoms with Crippen molar-refractivity contribution in [3.05, 3.63) is 25.3 Å². The predicted molar refractivity (Wildman–Crippen MR) is 72.3 cm³/mol. The first-order valence-electron chi connectivity index (χ1n) is 6.17. The monoisotopic (exact) mass is 274 g/mol. The van der Waals surface area contributed by atoms with Gasteiger partial charge in [0, 0.05) is 25.7 Å². The Balaban J connectivity index is 2.93. The van der Waals surface area contributed by atoms with E-state index in [0.717, 1.165) is 12.8 Å². The van der Waals surface area contributed by atoms with Gasteiger partial charge in [0.2, 0.25) is 0 Å². The molecule has 1 aliphatic heterocycles. The third kappa shape index (κ3) is 3.41. The lowest BCUT2D eigenvalue weighted by atomic mass is 10.1. The van der Waals surface area contributed by atoms with Crippen molar-refractivity contribution in [1.82, 2.24) is 8.61 Å². The highest BCUT2D eigenvalue weighted by Gasteiger charge is 2.35. The van der Waals surface area contributed by atoms with Crippen LogP contribution in [-0.2, 0) is 10.2 Å². The summed E-state index contributed by atoms with van der Waals surface area (Å²) in [7, 11) is -3.55. The quantitative estimate of drug-likeness (QED) is 0.697. The summed E-state index contributed by atoms with van der Waals surface area (Å²) in [6, 6.07) is -0.305. The van der Waals surface area contributed by atoms with Crippen LogP contribution in [0.15, 0.2) is 25.3 Å². The molecule has 1 unspecified atom stereocenters. The van der Waals surface area contributed by atoms with Crippen molar-refractivity contribution in [1.29, 1.82) is 0 Å². The van der Waals surface area contributed by atoms with E-state index >= 15 is 0 Å². The second kappa shape index (κ2) is 7.04. The fourth-order valence-corrected chi connectivity index (χ4v) is 3.95. The highest BCUT2D eigenvalue weighted by atomic mass is 32.2. The molecule has 1 atom stereocenters. The number of hydrogen-bond donors (Lipinski definition) is 1. The Bertz CT molecular complexity index is 371. The van der Waals surface area contributed by atoms with Crippen molar-refractivity contribution in [3.8, 4) is 0 Å². The maximum Gasteiger partial charge on any atom is 0.282 e. The molecule has 0 saturated carbocycles. The average Bonchev–Trinajstić information content (AvgIpc) is 2.38. The highest BCUT2D eigenvalue weighted by Crippen LogP contribution is 2.22. The fourth-order valence-electron chi connectivity index (χ4n) is 2.16. The molecule has 0 aromatic carbocycles. The van der Waals surface area contributed by atoms with Gasteiger partial charge in [0.15, 0.2) is 0 Å². The second-order valence-electron chi connectivity index (χ2n) is 4.35. The molecule has 0 amide bonds. The van der Waals surface area contributed by atoms with E-state index in [2.05, 4.69) is 13.2 Å². The Morgan fingerprint density at radius 3 is 2.39 bits per heavy atom.